The van der Waals surface area contributed by atoms with E-state index in [2.05, 4.69) is 9.73 Å². The molecular formula is C23H12F3NO2. The van der Waals surface area contributed by atoms with Gasteiger partial charge in [0.1, 0.15) is 5.75 Å². The van der Waals surface area contributed by atoms with Gasteiger partial charge in [-0.05, 0) is 41.5 Å². The Morgan fingerprint density at radius 1 is 1.03 bits per heavy atom. The van der Waals surface area contributed by atoms with Crippen LogP contribution in [0.3, 0.4) is 0 Å². The molecule has 1 spiro atoms. The summed E-state index contributed by atoms with van der Waals surface area (Å²) in [5.41, 5.74) is 4.35. The first kappa shape index (κ1) is 16.5. The minimum atomic E-state index is -4.79. The molecule has 2 aromatic rings. The number of ketones is 1. The highest BCUT2D eigenvalue weighted by Gasteiger charge is 2.53. The van der Waals surface area contributed by atoms with Gasteiger partial charge in [0.05, 0.1) is 16.8 Å². The van der Waals surface area contributed by atoms with Gasteiger partial charge >= 0.3 is 6.36 Å². The Bertz CT molecular complexity index is 1250. The van der Waals surface area contributed by atoms with E-state index in [0.717, 1.165) is 16.7 Å². The number of alkyl halides is 3. The summed E-state index contributed by atoms with van der Waals surface area (Å²) in [6.45, 7) is 0. The molecule has 3 nitrogen and oxygen atoms in total. The summed E-state index contributed by atoms with van der Waals surface area (Å²) in [5.74, 6) is -0.567. The summed E-state index contributed by atoms with van der Waals surface area (Å²) >= 11 is 0. The highest BCUT2D eigenvalue weighted by atomic mass is 19.4. The third-order valence-corrected chi connectivity index (χ3v) is 6.02. The van der Waals surface area contributed by atoms with Crippen LogP contribution >= 0.6 is 0 Å². The molecule has 29 heavy (non-hydrogen) atoms. The number of allylic oxidation sites excluding steroid dienone is 6. The van der Waals surface area contributed by atoms with Gasteiger partial charge in [0, 0.05) is 22.6 Å². The van der Waals surface area contributed by atoms with Gasteiger partial charge in [0.15, 0.2) is 5.78 Å². The van der Waals surface area contributed by atoms with Crippen LogP contribution in [0, 0.1) is 0 Å². The Morgan fingerprint density at radius 2 is 1.86 bits per heavy atom. The average molecular weight is 391 g/mol. The number of hydrogen-bond donors (Lipinski definition) is 0. The van der Waals surface area contributed by atoms with E-state index in [4.69, 9.17) is 0 Å². The van der Waals surface area contributed by atoms with E-state index >= 15 is 0 Å². The van der Waals surface area contributed by atoms with Crippen molar-refractivity contribution >= 4 is 17.2 Å². The number of benzene rings is 2. The normalized spacial score (nSPS) is 25.4. The molecule has 4 aliphatic carbocycles. The molecule has 1 heterocycles. The number of rotatable bonds is 1. The fraction of sp³-hybridized carbons (Fsp3) is 0.130. The third kappa shape index (κ3) is 2.03. The molecule has 0 saturated heterocycles. The molecule has 2 aromatic carbocycles. The topological polar surface area (TPSA) is 38.7 Å². The zero-order valence-electron chi connectivity index (χ0n) is 14.8. The van der Waals surface area contributed by atoms with Crippen molar-refractivity contribution in [2.24, 2.45) is 4.99 Å². The van der Waals surface area contributed by atoms with Crippen LogP contribution in [-0.2, 0) is 10.2 Å². The lowest BCUT2D eigenvalue weighted by Gasteiger charge is -2.49. The molecule has 0 N–H and O–H groups in total. The minimum absolute atomic E-state index is 0.0849. The predicted molar refractivity (Wildman–Crippen MR) is 100 cm³/mol. The first-order valence-electron chi connectivity index (χ1n) is 9.14. The molecule has 1 aliphatic heterocycles. The number of aliphatic imine (C=N–C) groups is 1. The van der Waals surface area contributed by atoms with E-state index in [1.165, 1.54) is 24.3 Å². The van der Waals surface area contributed by atoms with E-state index in [1.54, 1.807) is 6.08 Å². The molecule has 5 aliphatic rings. The molecule has 2 atom stereocenters. The van der Waals surface area contributed by atoms with Gasteiger partial charge in [-0.2, -0.15) is 0 Å². The standard InChI is InChI=1S/C23H12F3NO2/c24-23(25,26)29-12-5-6-17-16(11-12)22-10-9-14(13-3-1-2-4-15(13)22)20-19(28)8-7-18(27-17)21(20)22/h1-11,14H. The summed E-state index contributed by atoms with van der Waals surface area (Å²) in [5, 5.41) is 0. The quantitative estimate of drug-likeness (QED) is 0.504. The van der Waals surface area contributed by atoms with Gasteiger partial charge < -0.3 is 4.74 Å². The van der Waals surface area contributed by atoms with Crippen LogP contribution in [0.1, 0.15) is 22.6 Å². The molecule has 6 heteroatoms. The predicted octanol–water partition coefficient (Wildman–Crippen LogP) is 5.06. The zero-order valence-corrected chi connectivity index (χ0v) is 14.8. The fourth-order valence-electron chi connectivity index (χ4n) is 5.06. The van der Waals surface area contributed by atoms with Crippen LogP contribution < -0.4 is 4.74 Å². The first-order chi connectivity index (χ1) is 13.9. The number of carbonyl (C=O) groups excluding carboxylic acids is 1. The monoisotopic (exact) mass is 391 g/mol. The smallest absolute Gasteiger partial charge is 0.406 e. The summed E-state index contributed by atoms with van der Waals surface area (Å²) in [6, 6.07) is 12.0. The van der Waals surface area contributed by atoms with Gasteiger partial charge in [-0.25, -0.2) is 4.99 Å². The molecule has 142 valence electrons. The number of hydrogen-bond acceptors (Lipinski definition) is 3. The maximum atomic E-state index is 12.8. The second-order valence-electron chi connectivity index (χ2n) is 7.44. The first-order valence-corrected chi connectivity index (χ1v) is 9.14. The van der Waals surface area contributed by atoms with E-state index < -0.39 is 11.8 Å². The Balaban J connectivity index is 1.71. The van der Waals surface area contributed by atoms with E-state index in [-0.39, 0.29) is 17.5 Å². The second-order valence-corrected chi connectivity index (χ2v) is 7.44. The number of fused-ring (bicyclic) bond motifs is 1. The van der Waals surface area contributed by atoms with Crippen LogP contribution in [0.15, 0.2) is 82.9 Å². The number of nitrogens with zero attached hydrogens (tertiary/aromatic N) is 1. The van der Waals surface area contributed by atoms with Crippen LogP contribution in [-0.4, -0.2) is 17.9 Å². The van der Waals surface area contributed by atoms with Crippen LogP contribution in [0.25, 0.3) is 0 Å². The van der Waals surface area contributed by atoms with Crippen molar-refractivity contribution in [2.75, 3.05) is 0 Å². The second kappa shape index (κ2) is 5.14. The summed E-state index contributed by atoms with van der Waals surface area (Å²) in [4.78, 5) is 17.5. The molecule has 0 radical (unpaired) electrons. The van der Waals surface area contributed by atoms with Crippen molar-refractivity contribution in [1.82, 2.24) is 0 Å². The van der Waals surface area contributed by atoms with Crippen molar-refractivity contribution in [3.05, 3.63) is 94.6 Å². The van der Waals surface area contributed by atoms with Gasteiger partial charge in [0.2, 0.25) is 0 Å². The lowest BCUT2D eigenvalue weighted by atomic mass is 9.53. The molecule has 0 amide bonds. The summed E-state index contributed by atoms with van der Waals surface area (Å²) < 4.78 is 42.7. The van der Waals surface area contributed by atoms with Gasteiger partial charge in [-0.1, -0.05) is 36.4 Å². The summed E-state index contributed by atoms with van der Waals surface area (Å²) in [6.07, 6.45) is 2.40. The molecule has 0 aromatic heterocycles. The average Bonchev–Trinajstić information content (AvgIpc) is 2.70. The lowest BCUT2D eigenvalue weighted by molar-refractivity contribution is -0.274. The van der Waals surface area contributed by atoms with Gasteiger partial charge in [0.25, 0.3) is 0 Å². The Labute approximate surface area is 163 Å². The molecule has 2 unspecified atom stereocenters. The molecular weight excluding hydrogens is 379 g/mol. The molecule has 7 rings (SSSR count). The maximum absolute atomic E-state index is 12.8. The fourth-order valence-corrected chi connectivity index (χ4v) is 5.06. The highest BCUT2D eigenvalue weighted by molar-refractivity contribution is 6.27. The molecule has 2 bridgehead atoms. The Hall–Kier alpha value is -3.41. The van der Waals surface area contributed by atoms with Gasteiger partial charge in [-0.15, -0.1) is 13.2 Å². The van der Waals surface area contributed by atoms with E-state index in [9.17, 15) is 18.0 Å². The minimum Gasteiger partial charge on any atom is -0.406 e. The van der Waals surface area contributed by atoms with Crippen molar-refractivity contribution in [3.63, 3.8) is 0 Å². The van der Waals surface area contributed by atoms with E-state index in [0.29, 0.717) is 22.5 Å². The van der Waals surface area contributed by atoms with Crippen LogP contribution in [0.4, 0.5) is 18.9 Å². The van der Waals surface area contributed by atoms with Crippen molar-refractivity contribution < 1.29 is 22.7 Å². The number of ether oxygens (including phenoxy) is 1. The van der Waals surface area contributed by atoms with Crippen molar-refractivity contribution in [1.29, 1.82) is 0 Å². The molecule has 0 fully saturated rings. The van der Waals surface area contributed by atoms with Crippen molar-refractivity contribution in [2.45, 2.75) is 17.7 Å². The Morgan fingerprint density at radius 3 is 2.69 bits per heavy atom. The number of carbonyl (C=O) groups is 1. The van der Waals surface area contributed by atoms with Crippen LogP contribution in [0.2, 0.25) is 0 Å². The molecule has 0 saturated carbocycles. The van der Waals surface area contributed by atoms with Crippen molar-refractivity contribution in [3.8, 4) is 5.75 Å². The van der Waals surface area contributed by atoms with E-state index in [1.807, 2.05) is 36.4 Å². The lowest BCUT2D eigenvalue weighted by Crippen LogP contribution is -2.44. The zero-order chi connectivity index (χ0) is 20.0. The Kier molecular flexibility index (Phi) is 2.93. The summed E-state index contributed by atoms with van der Waals surface area (Å²) in [7, 11) is 0. The van der Waals surface area contributed by atoms with Gasteiger partial charge in [-0.3, -0.25) is 4.79 Å². The SMILES string of the molecule is O=C1C=CC2=Nc3ccc(OC(F)(F)F)cc3C34C=CC(C1=C23)c1ccccc14. The van der Waals surface area contributed by atoms with Crippen LogP contribution in [0.5, 0.6) is 5.75 Å². The largest absolute Gasteiger partial charge is 0.573 e. The number of halogens is 3. The highest BCUT2D eigenvalue weighted by Crippen LogP contribution is 2.60. The third-order valence-electron chi connectivity index (χ3n) is 6.02. The maximum Gasteiger partial charge on any atom is 0.573 e.